The van der Waals surface area contributed by atoms with Crippen LogP contribution in [0.5, 0.6) is 0 Å². The standard InChI is InChI=1S/C26H28N4O2S/c1-17-14-19(3)28-25-23(17)30(12-13-33-25)26(32)29-22-11-7-10-21(15-22)24(31)27-16-18(2)20-8-5-4-6-9-20/h4-11,14-15,18H,12-13,16H2,1-3H3,(H,27,31)(H,29,32)/t18-/m0/s1. The smallest absolute Gasteiger partial charge is 0.326 e. The molecule has 0 aliphatic carbocycles. The van der Waals surface area contributed by atoms with E-state index in [0.717, 1.165) is 27.7 Å². The first-order valence-corrected chi connectivity index (χ1v) is 12.0. The molecule has 0 saturated carbocycles. The van der Waals surface area contributed by atoms with Crippen LogP contribution in [-0.4, -0.2) is 35.8 Å². The molecule has 1 aliphatic rings. The first-order valence-electron chi connectivity index (χ1n) is 11.0. The molecule has 2 aromatic carbocycles. The molecule has 0 saturated heterocycles. The molecule has 1 atom stereocenters. The highest BCUT2D eigenvalue weighted by atomic mass is 32.2. The summed E-state index contributed by atoms with van der Waals surface area (Å²) >= 11 is 1.67. The fourth-order valence-corrected chi connectivity index (χ4v) is 5.03. The van der Waals surface area contributed by atoms with Crippen molar-refractivity contribution >= 4 is 35.1 Å². The number of nitrogens with one attached hydrogen (secondary N) is 2. The molecule has 0 unspecified atom stereocenters. The van der Waals surface area contributed by atoms with Gasteiger partial charge in [0.15, 0.2) is 0 Å². The average molecular weight is 461 g/mol. The van der Waals surface area contributed by atoms with E-state index in [9.17, 15) is 9.59 Å². The number of aryl methyl sites for hydroxylation is 2. The Hall–Kier alpha value is -3.32. The normalized spacial score (nSPS) is 13.7. The van der Waals surface area contributed by atoms with Crippen LogP contribution in [0.1, 0.15) is 40.0 Å². The quantitative estimate of drug-likeness (QED) is 0.536. The van der Waals surface area contributed by atoms with Gasteiger partial charge in [-0.1, -0.05) is 43.3 Å². The summed E-state index contributed by atoms with van der Waals surface area (Å²) in [6.07, 6.45) is 0. The number of amides is 3. The Kier molecular flexibility index (Phi) is 6.99. The van der Waals surface area contributed by atoms with Crippen molar-refractivity contribution in [3.63, 3.8) is 0 Å². The van der Waals surface area contributed by atoms with Gasteiger partial charge < -0.3 is 10.6 Å². The van der Waals surface area contributed by atoms with Gasteiger partial charge in [-0.15, -0.1) is 11.8 Å². The number of carbonyl (C=O) groups excluding carboxylic acids is 2. The Balaban J connectivity index is 1.42. The van der Waals surface area contributed by atoms with E-state index in [4.69, 9.17) is 0 Å². The number of hydrogen-bond donors (Lipinski definition) is 2. The summed E-state index contributed by atoms with van der Waals surface area (Å²) in [7, 11) is 0. The lowest BCUT2D eigenvalue weighted by Gasteiger charge is -2.30. The molecule has 1 aliphatic heterocycles. The Morgan fingerprint density at radius 3 is 2.67 bits per heavy atom. The monoisotopic (exact) mass is 460 g/mol. The number of aromatic nitrogens is 1. The van der Waals surface area contributed by atoms with Gasteiger partial charge in [0.05, 0.1) is 5.69 Å². The fraction of sp³-hybridized carbons (Fsp3) is 0.269. The molecule has 33 heavy (non-hydrogen) atoms. The number of hydrogen-bond acceptors (Lipinski definition) is 4. The number of urea groups is 1. The van der Waals surface area contributed by atoms with E-state index in [-0.39, 0.29) is 17.9 Å². The van der Waals surface area contributed by atoms with Gasteiger partial charge in [0.25, 0.3) is 5.91 Å². The minimum Gasteiger partial charge on any atom is -0.351 e. The third-order valence-corrected chi connectivity index (χ3v) is 6.61. The highest BCUT2D eigenvalue weighted by Gasteiger charge is 2.26. The minimum atomic E-state index is -0.222. The molecular formula is C26H28N4O2S. The summed E-state index contributed by atoms with van der Waals surface area (Å²) in [5, 5.41) is 6.83. The maximum atomic E-state index is 13.1. The van der Waals surface area contributed by atoms with E-state index in [1.807, 2.05) is 38.1 Å². The van der Waals surface area contributed by atoms with Gasteiger partial charge in [0, 0.05) is 35.8 Å². The van der Waals surface area contributed by atoms with Crippen LogP contribution in [0, 0.1) is 13.8 Å². The van der Waals surface area contributed by atoms with E-state index >= 15 is 0 Å². The van der Waals surface area contributed by atoms with Crippen LogP contribution in [0.3, 0.4) is 0 Å². The Morgan fingerprint density at radius 1 is 1.09 bits per heavy atom. The molecule has 0 spiro atoms. The second-order valence-corrected chi connectivity index (χ2v) is 9.35. The number of pyridine rings is 1. The van der Waals surface area contributed by atoms with Crippen molar-refractivity contribution in [2.24, 2.45) is 0 Å². The van der Waals surface area contributed by atoms with Gasteiger partial charge in [-0.05, 0) is 55.2 Å². The van der Waals surface area contributed by atoms with Gasteiger partial charge in [0.2, 0.25) is 0 Å². The van der Waals surface area contributed by atoms with Gasteiger partial charge in [-0.2, -0.15) is 0 Å². The number of benzene rings is 2. The van der Waals surface area contributed by atoms with Crippen LogP contribution in [0.4, 0.5) is 16.2 Å². The van der Waals surface area contributed by atoms with Crippen molar-refractivity contribution in [2.75, 3.05) is 29.1 Å². The molecule has 0 bridgehead atoms. The van der Waals surface area contributed by atoms with Crippen LogP contribution in [0.2, 0.25) is 0 Å². The van der Waals surface area contributed by atoms with Crippen LogP contribution in [-0.2, 0) is 0 Å². The van der Waals surface area contributed by atoms with Crippen molar-refractivity contribution in [1.82, 2.24) is 10.3 Å². The van der Waals surface area contributed by atoms with Crippen molar-refractivity contribution in [3.05, 3.63) is 83.0 Å². The molecule has 0 fully saturated rings. The lowest BCUT2D eigenvalue weighted by Crippen LogP contribution is -2.39. The summed E-state index contributed by atoms with van der Waals surface area (Å²) in [6, 6.07) is 18.9. The predicted molar refractivity (Wildman–Crippen MR) is 134 cm³/mol. The minimum absolute atomic E-state index is 0.163. The van der Waals surface area contributed by atoms with E-state index < -0.39 is 0 Å². The number of carbonyl (C=O) groups is 2. The Morgan fingerprint density at radius 2 is 1.88 bits per heavy atom. The summed E-state index contributed by atoms with van der Waals surface area (Å²) in [5.41, 5.74) is 5.11. The Labute approximate surface area is 198 Å². The van der Waals surface area contributed by atoms with Crippen LogP contribution >= 0.6 is 11.8 Å². The Bertz CT molecular complexity index is 1170. The van der Waals surface area contributed by atoms with Crippen LogP contribution in [0.15, 0.2) is 65.7 Å². The highest BCUT2D eigenvalue weighted by molar-refractivity contribution is 7.99. The molecule has 1 aromatic heterocycles. The number of fused-ring (bicyclic) bond motifs is 1. The van der Waals surface area contributed by atoms with Crippen molar-refractivity contribution in [3.8, 4) is 0 Å². The lowest BCUT2D eigenvalue weighted by molar-refractivity contribution is 0.0951. The molecular weight excluding hydrogens is 432 g/mol. The third kappa shape index (κ3) is 5.37. The second kappa shape index (κ2) is 10.1. The number of nitrogens with zero attached hydrogens (tertiary/aromatic N) is 2. The average Bonchev–Trinajstić information content (AvgIpc) is 2.82. The van der Waals surface area contributed by atoms with E-state index in [1.54, 1.807) is 40.9 Å². The largest absolute Gasteiger partial charge is 0.351 e. The first-order chi connectivity index (χ1) is 15.9. The molecule has 2 N–H and O–H groups in total. The highest BCUT2D eigenvalue weighted by Crippen LogP contribution is 2.36. The molecule has 170 valence electrons. The molecule has 0 radical (unpaired) electrons. The lowest BCUT2D eigenvalue weighted by atomic mass is 10.0. The van der Waals surface area contributed by atoms with E-state index in [0.29, 0.717) is 24.3 Å². The van der Waals surface area contributed by atoms with Gasteiger partial charge in [-0.3, -0.25) is 9.69 Å². The third-order valence-electron chi connectivity index (χ3n) is 5.66. The SMILES string of the molecule is Cc1cc(C)c2c(n1)SCCN2C(=O)Nc1cccc(C(=O)NC[C@H](C)c2ccccc2)c1. The van der Waals surface area contributed by atoms with Crippen LogP contribution < -0.4 is 15.5 Å². The predicted octanol–water partition coefficient (Wildman–Crippen LogP) is 5.38. The zero-order valence-corrected chi connectivity index (χ0v) is 19.9. The number of rotatable bonds is 5. The topological polar surface area (TPSA) is 74.3 Å². The molecule has 7 heteroatoms. The van der Waals surface area contributed by atoms with Gasteiger partial charge in [-0.25, -0.2) is 9.78 Å². The summed E-state index contributed by atoms with van der Waals surface area (Å²) in [4.78, 5) is 32.1. The molecule has 6 nitrogen and oxygen atoms in total. The first kappa shape index (κ1) is 22.9. The zero-order chi connectivity index (χ0) is 23.4. The number of anilines is 2. The maximum Gasteiger partial charge on any atom is 0.326 e. The van der Waals surface area contributed by atoms with E-state index in [1.165, 1.54) is 5.56 Å². The van der Waals surface area contributed by atoms with Crippen molar-refractivity contribution in [1.29, 1.82) is 0 Å². The van der Waals surface area contributed by atoms with Crippen molar-refractivity contribution < 1.29 is 9.59 Å². The zero-order valence-electron chi connectivity index (χ0n) is 19.1. The molecule has 2 heterocycles. The van der Waals surface area contributed by atoms with Crippen molar-refractivity contribution in [2.45, 2.75) is 31.7 Å². The fourth-order valence-electron chi connectivity index (χ4n) is 3.95. The molecule has 3 aromatic rings. The van der Waals surface area contributed by atoms with Gasteiger partial charge in [0.1, 0.15) is 5.03 Å². The van der Waals surface area contributed by atoms with E-state index in [2.05, 4.69) is 34.7 Å². The number of thioether (sulfide) groups is 1. The van der Waals surface area contributed by atoms with Crippen LogP contribution in [0.25, 0.3) is 0 Å². The van der Waals surface area contributed by atoms with Gasteiger partial charge >= 0.3 is 6.03 Å². The molecule has 4 rings (SSSR count). The summed E-state index contributed by atoms with van der Waals surface area (Å²) in [6.45, 7) is 7.18. The molecule has 3 amide bonds. The summed E-state index contributed by atoms with van der Waals surface area (Å²) < 4.78 is 0. The maximum absolute atomic E-state index is 13.1. The summed E-state index contributed by atoms with van der Waals surface area (Å²) in [5.74, 6) is 0.831. The second-order valence-electron chi connectivity index (χ2n) is 8.27.